The minimum atomic E-state index is -0.990. The Morgan fingerprint density at radius 3 is 2.45 bits per heavy atom. The van der Waals surface area contributed by atoms with Gasteiger partial charge in [-0.15, -0.1) is 0 Å². The second-order valence-corrected chi connectivity index (χ2v) is 5.79. The third-order valence-corrected chi connectivity index (χ3v) is 4.48. The highest BCUT2D eigenvalue weighted by Crippen LogP contribution is 2.31. The van der Waals surface area contributed by atoms with Gasteiger partial charge in [0.05, 0.1) is 18.2 Å². The second-order valence-electron chi connectivity index (χ2n) is 5.79. The van der Waals surface area contributed by atoms with E-state index in [1.165, 1.54) is 12.0 Å². The molecule has 1 amide bonds. The molecule has 1 aliphatic rings. The predicted octanol–water partition coefficient (Wildman–Crippen LogP) is 1.62. The number of nitrogens with zero attached hydrogens (tertiary/aromatic N) is 2. The Bertz CT molecular complexity index is 666. The van der Waals surface area contributed by atoms with Gasteiger partial charge >= 0.3 is 11.9 Å². The molecule has 0 N–H and O–H groups in total. The summed E-state index contributed by atoms with van der Waals surface area (Å²) in [5, 5.41) is 12.8. The van der Waals surface area contributed by atoms with E-state index in [0.717, 1.165) is 0 Å². The highest BCUT2D eigenvalue weighted by Gasteiger charge is 2.54. The average molecular weight is 304 g/mol. The summed E-state index contributed by atoms with van der Waals surface area (Å²) >= 11 is 0. The molecule has 22 heavy (non-hydrogen) atoms. The molecule has 1 aromatic rings. The monoisotopic (exact) mass is 304 g/mol. The van der Waals surface area contributed by atoms with Crippen molar-refractivity contribution < 1.29 is 19.1 Å². The van der Waals surface area contributed by atoms with Gasteiger partial charge in [-0.05, 0) is 12.1 Å². The van der Waals surface area contributed by atoms with Gasteiger partial charge in [-0.25, -0.2) is 4.79 Å². The Labute approximate surface area is 129 Å². The molecule has 6 nitrogen and oxygen atoms in total. The number of carbonyl (C=O) groups excluding carboxylic acids is 2. The topological polar surface area (TPSA) is 72.7 Å². The number of amides is 1. The standard InChI is InChI=1S/C16H20N2O4/c1-10(2)16(3)17(4)14(19)13(18(16)21)11-8-6-7-9-12(11)15(20)22-5/h6-10H,1-5H3. The Morgan fingerprint density at radius 1 is 1.36 bits per heavy atom. The Morgan fingerprint density at radius 2 is 1.95 bits per heavy atom. The third kappa shape index (κ3) is 2.06. The van der Waals surface area contributed by atoms with Crippen molar-refractivity contribution in [1.29, 1.82) is 0 Å². The van der Waals surface area contributed by atoms with Crippen molar-refractivity contribution in [1.82, 2.24) is 4.90 Å². The molecule has 1 heterocycles. The van der Waals surface area contributed by atoms with Gasteiger partial charge in [0.2, 0.25) is 0 Å². The smallest absolute Gasteiger partial charge is 0.338 e. The van der Waals surface area contributed by atoms with Crippen LogP contribution in [0.3, 0.4) is 0 Å². The molecular weight excluding hydrogens is 284 g/mol. The van der Waals surface area contributed by atoms with Crippen LogP contribution in [0.25, 0.3) is 0 Å². The van der Waals surface area contributed by atoms with Crippen LogP contribution in [0.1, 0.15) is 36.7 Å². The van der Waals surface area contributed by atoms with Gasteiger partial charge in [0, 0.05) is 19.9 Å². The first-order chi connectivity index (χ1) is 10.3. The molecule has 1 aliphatic heterocycles. The minimum Gasteiger partial charge on any atom is -0.621 e. The van der Waals surface area contributed by atoms with E-state index < -0.39 is 17.5 Å². The number of methoxy groups -OCH3 is 1. The molecule has 118 valence electrons. The van der Waals surface area contributed by atoms with Crippen LogP contribution in [0.15, 0.2) is 24.3 Å². The molecule has 0 bridgehead atoms. The summed E-state index contributed by atoms with van der Waals surface area (Å²) in [6.45, 7) is 5.48. The highest BCUT2D eigenvalue weighted by molar-refractivity contribution is 6.45. The molecule has 0 spiro atoms. The molecule has 0 aliphatic carbocycles. The number of hydrogen-bond acceptors (Lipinski definition) is 4. The summed E-state index contributed by atoms with van der Waals surface area (Å²) in [7, 11) is 2.86. The van der Waals surface area contributed by atoms with Crippen molar-refractivity contribution in [3.05, 3.63) is 40.6 Å². The first kappa shape index (κ1) is 16.0. The van der Waals surface area contributed by atoms with Crippen molar-refractivity contribution in [3.8, 4) is 0 Å². The maximum Gasteiger partial charge on any atom is 0.338 e. The lowest BCUT2D eigenvalue weighted by atomic mass is 9.98. The van der Waals surface area contributed by atoms with Gasteiger partial charge < -0.3 is 9.94 Å². The first-order valence-corrected chi connectivity index (χ1v) is 7.07. The zero-order chi connectivity index (χ0) is 16.7. The van der Waals surface area contributed by atoms with E-state index in [1.54, 1.807) is 38.2 Å². The van der Waals surface area contributed by atoms with Gasteiger partial charge in [0.25, 0.3) is 11.4 Å². The number of ether oxygens (including phenoxy) is 1. The molecule has 1 atom stereocenters. The van der Waals surface area contributed by atoms with Crippen molar-refractivity contribution in [2.75, 3.05) is 14.2 Å². The molecule has 2 rings (SSSR count). The fraction of sp³-hybridized carbons (Fsp3) is 0.438. The number of likely N-dealkylation sites (N-methyl/N-ethyl adjacent to an activating group) is 1. The van der Waals surface area contributed by atoms with Crippen LogP contribution in [-0.4, -0.2) is 47.0 Å². The van der Waals surface area contributed by atoms with Crippen LogP contribution in [0.2, 0.25) is 0 Å². The largest absolute Gasteiger partial charge is 0.621 e. The molecule has 0 aromatic heterocycles. The first-order valence-electron chi connectivity index (χ1n) is 7.07. The highest BCUT2D eigenvalue weighted by atomic mass is 16.5. The summed E-state index contributed by atoms with van der Waals surface area (Å²) in [4.78, 5) is 25.9. The van der Waals surface area contributed by atoms with Gasteiger partial charge in [0.1, 0.15) is 0 Å². The van der Waals surface area contributed by atoms with Gasteiger partial charge in [-0.2, -0.15) is 4.74 Å². The molecule has 0 fully saturated rings. The fourth-order valence-corrected chi connectivity index (χ4v) is 2.64. The van der Waals surface area contributed by atoms with Crippen LogP contribution in [-0.2, 0) is 9.53 Å². The number of hydrogen-bond donors (Lipinski definition) is 0. The normalized spacial score (nSPS) is 21.7. The quantitative estimate of drug-likeness (QED) is 0.483. The number of carbonyl (C=O) groups is 2. The van der Waals surface area contributed by atoms with Crippen LogP contribution >= 0.6 is 0 Å². The number of esters is 1. The maximum atomic E-state index is 12.8. The van der Waals surface area contributed by atoms with E-state index >= 15 is 0 Å². The summed E-state index contributed by atoms with van der Waals surface area (Å²) in [6, 6.07) is 6.47. The van der Waals surface area contributed by atoms with E-state index in [9.17, 15) is 14.8 Å². The van der Waals surface area contributed by atoms with Crippen molar-refractivity contribution in [2.45, 2.75) is 26.4 Å². The summed E-state index contributed by atoms with van der Waals surface area (Å²) in [6.07, 6.45) is 0. The molecule has 0 saturated heterocycles. The maximum absolute atomic E-state index is 12.8. The van der Waals surface area contributed by atoms with E-state index in [1.807, 2.05) is 13.8 Å². The predicted molar refractivity (Wildman–Crippen MR) is 81.5 cm³/mol. The lowest BCUT2D eigenvalue weighted by Gasteiger charge is -2.32. The number of rotatable bonds is 3. The third-order valence-electron chi connectivity index (χ3n) is 4.48. The van der Waals surface area contributed by atoms with Crippen molar-refractivity contribution in [3.63, 3.8) is 0 Å². The lowest BCUT2D eigenvalue weighted by Crippen LogP contribution is -2.51. The SMILES string of the molecule is COC(=O)c1ccccc1C1=[N+]([O-])C(C)(C(C)C)N(C)C1=O. The number of hydroxylamine groups is 1. The number of benzene rings is 1. The Hall–Kier alpha value is -2.37. The molecule has 1 aromatic carbocycles. The second kappa shape index (κ2) is 5.44. The molecule has 6 heteroatoms. The fourth-order valence-electron chi connectivity index (χ4n) is 2.64. The van der Waals surface area contributed by atoms with Crippen LogP contribution in [0, 0.1) is 11.1 Å². The molecule has 1 unspecified atom stereocenters. The van der Waals surface area contributed by atoms with E-state index in [4.69, 9.17) is 4.74 Å². The van der Waals surface area contributed by atoms with Crippen LogP contribution in [0.5, 0.6) is 0 Å². The van der Waals surface area contributed by atoms with E-state index in [2.05, 4.69) is 0 Å². The van der Waals surface area contributed by atoms with Crippen LogP contribution in [0.4, 0.5) is 0 Å². The van der Waals surface area contributed by atoms with Crippen molar-refractivity contribution >= 4 is 17.6 Å². The zero-order valence-electron chi connectivity index (χ0n) is 13.4. The molecule has 0 saturated carbocycles. The van der Waals surface area contributed by atoms with Crippen LogP contribution < -0.4 is 0 Å². The zero-order valence-corrected chi connectivity index (χ0v) is 13.4. The summed E-state index contributed by atoms with van der Waals surface area (Å²) in [5.74, 6) is -1.06. The van der Waals surface area contributed by atoms with Crippen molar-refractivity contribution in [2.24, 2.45) is 5.92 Å². The summed E-state index contributed by atoms with van der Waals surface area (Å²) in [5.41, 5.74) is -0.517. The van der Waals surface area contributed by atoms with Gasteiger partial charge in [0.15, 0.2) is 0 Å². The van der Waals surface area contributed by atoms with E-state index in [0.29, 0.717) is 10.3 Å². The minimum absolute atomic E-state index is 0.0281. The van der Waals surface area contributed by atoms with Gasteiger partial charge in [-0.3, -0.25) is 9.69 Å². The summed E-state index contributed by atoms with van der Waals surface area (Å²) < 4.78 is 5.45. The van der Waals surface area contributed by atoms with Gasteiger partial charge in [-0.1, -0.05) is 26.0 Å². The average Bonchev–Trinajstić information content (AvgIpc) is 2.68. The Kier molecular flexibility index (Phi) is 3.96. The van der Waals surface area contributed by atoms with E-state index in [-0.39, 0.29) is 17.2 Å². The Balaban J connectivity index is 2.70. The molecule has 0 radical (unpaired) electrons. The molecular formula is C16H20N2O4. The lowest BCUT2D eigenvalue weighted by molar-refractivity contribution is -0.570.